The minimum atomic E-state index is -0.400. The molecule has 8 nitrogen and oxygen atoms in total. The van der Waals surface area contributed by atoms with Crippen LogP contribution in [0.15, 0.2) is 48.2 Å². The average Bonchev–Trinajstić information content (AvgIpc) is 3.00. The molecule has 2 aromatic rings. The molecule has 0 fully saturated rings. The third-order valence-electron chi connectivity index (χ3n) is 4.94. The second-order valence-corrected chi connectivity index (χ2v) is 7.74. The number of imide groups is 1. The van der Waals surface area contributed by atoms with Crippen LogP contribution in [0, 0.1) is 0 Å². The summed E-state index contributed by atoms with van der Waals surface area (Å²) in [7, 11) is 0. The van der Waals surface area contributed by atoms with Gasteiger partial charge < -0.3 is 20.1 Å². The molecule has 0 radical (unpaired) electrons. The second kappa shape index (κ2) is 10.2. The normalized spacial score (nSPS) is 13.6. The number of rotatable bonds is 9. The molecule has 33 heavy (non-hydrogen) atoms. The molecule has 3 rings (SSSR count). The van der Waals surface area contributed by atoms with E-state index in [0.717, 1.165) is 0 Å². The van der Waals surface area contributed by atoms with Crippen LogP contribution in [0.2, 0.25) is 0 Å². The Morgan fingerprint density at radius 1 is 0.909 bits per heavy atom. The predicted molar refractivity (Wildman–Crippen MR) is 127 cm³/mol. The fourth-order valence-electron chi connectivity index (χ4n) is 3.60. The van der Waals surface area contributed by atoms with Crippen LogP contribution in [0.3, 0.4) is 0 Å². The topological polar surface area (TPSA) is 97.0 Å². The van der Waals surface area contributed by atoms with Gasteiger partial charge in [-0.1, -0.05) is 12.1 Å². The van der Waals surface area contributed by atoms with Crippen molar-refractivity contribution in [3.05, 3.63) is 53.7 Å². The molecule has 1 aliphatic rings. The highest BCUT2D eigenvalue weighted by atomic mass is 16.5. The first kappa shape index (κ1) is 23.8. The monoisotopic (exact) mass is 451 g/mol. The molecule has 0 bridgehead atoms. The molecule has 174 valence electrons. The standard InChI is InChI=1S/C25H29N3O5/c1-6-32-20-13-12-19(14-21(20)33-7-2)27-23-22(24(30)28(15(3)4)25(23)31)17-8-10-18(11-9-17)26-16(5)29/h8-15,27H,6-7H2,1-5H3,(H,26,29). The van der Waals surface area contributed by atoms with Gasteiger partial charge in [0.2, 0.25) is 5.91 Å². The number of benzene rings is 2. The molecule has 1 heterocycles. The van der Waals surface area contributed by atoms with Gasteiger partial charge in [0, 0.05) is 30.4 Å². The fourth-order valence-corrected chi connectivity index (χ4v) is 3.60. The first-order valence-corrected chi connectivity index (χ1v) is 10.9. The molecular formula is C25H29N3O5. The van der Waals surface area contributed by atoms with Gasteiger partial charge in [0.25, 0.3) is 11.8 Å². The maximum absolute atomic E-state index is 13.2. The Hall–Kier alpha value is -3.81. The molecule has 0 spiro atoms. The minimum Gasteiger partial charge on any atom is -0.490 e. The number of ether oxygens (including phenoxy) is 2. The highest BCUT2D eigenvalue weighted by Gasteiger charge is 2.40. The Bertz CT molecular complexity index is 1090. The second-order valence-electron chi connectivity index (χ2n) is 7.74. The maximum Gasteiger partial charge on any atom is 0.278 e. The van der Waals surface area contributed by atoms with E-state index >= 15 is 0 Å². The quantitative estimate of drug-likeness (QED) is 0.559. The summed E-state index contributed by atoms with van der Waals surface area (Å²) < 4.78 is 11.3. The van der Waals surface area contributed by atoms with Crippen molar-refractivity contribution in [3.63, 3.8) is 0 Å². The third-order valence-corrected chi connectivity index (χ3v) is 4.94. The van der Waals surface area contributed by atoms with E-state index in [-0.39, 0.29) is 29.1 Å². The lowest BCUT2D eigenvalue weighted by Gasteiger charge is -2.19. The number of carbonyl (C=O) groups excluding carboxylic acids is 3. The number of hydrogen-bond donors (Lipinski definition) is 2. The summed E-state index contributed by atoms with van der Waals surface area (Å²) in [6, 6.07) is 11.8. The first-order chi connectivity index (χ1) is 15.8. The van der Waals surface area contributed by atoms with Crippen molar-refractivity contribution < 1.29 is 23.9 Å². The summed E-state index contributed by atoms with van der Waals surface area (Å²) in [4.78, 5) is 39.0. The van der Waals surface area contributed by atoms with Crippen molar-refractivity contribution >= 4 is 34.7 Å². The van der Waals surface area contributed by atoms with E-state index in [1.54, 1.807) is 56.3 Å². The summed E-state index contributed by atoms with van der Waals surface area (Å²) in [5.41, 5.74) is 2.23. The lowest BCUT2D eigenvalue weighted by Crippen LogP contribution is -2.38. The summed E-state index contributed by atoms with van der Waals surface area (Å²) >= 11 is 0. The van der Waals surface area contributed by atoms with E-state index in [0.29, 0.717) is 41.7 Å². The highest BCUT2D eigenvalue weighted by Crippen LogP contribution is 2.35. The number of amides is 3. The molecular weight excluding hydrogens is 422 g/mol. The molecule has 0 atom stereocenters. The van der Waals surface area contributed by atoms with E-state index in [4.69, 9.17) is 9.47 Å². The number of carbonyl (C=O) groups is 3. The van der Waals surface area contributed by atoms with Crippen molar-refractivity contribution in [2.75, 3.05) is 23.8 Å². The van der Waals surface area contributed by atoms with Crippen molar-refractivity contribution in [3.8, 4) is 11.5 Å². The van der Waals surface area contributed by atoms with Crippen LogP contribution in [0.25, 0.3) is 5.57 Å². The molecule has 0 unspecified atom stereocenters. The SMILES string of the molecule is CCOc1ccc(NC2=C(c3ccc(NC(C)=O)cc3)C(=O)N(C(C)C)C2=O)cc1OCC. The molecule has 8 heteroatoms. The summed E-state index contributed by atoms with van der Waals surface area (Å²) in [5.74, 6) is 0.181. The number of nitrogens with zero attached hydrogens (tertiary/aromatic N) is 1. The first-order valence-electron chi connectivity index (χ1n) is 10.9. The van der Waals surface area contributed by atoms with E-state index in [1.165, 1.54) is 11.8 Å². The average molecular weight is 452 g/mol. The van der Waals surface area contributed by atoms with Crippen LogP contribution in [0.5, 0.6) is 11.5 Å². The maximum atomic E-state index is 13.2. The minimum absolute atomic E-state index is 0.188. The van der Waals surface area contributed by atoms with E-state index < -0.39 is 5.91 Å². The number of nitrogens with one attached hydrogen (secondary N) is 2. The Labute approximate surface area is 193 Å². The van der Waals surface area contributed by atoms with E-state index in [2.05, 4.69) is 10.6 Å². The van der Waals surface area contributed by atoms with Crippen LogP contribution in [0.4, 0.5) is 11.4 Å². The highest BCUT2D eigenvalue weighted by molar-refractivity contribution is 6.36. The van der Waals surface area contributed by atoms with Gasteiger partial charge in [0.1, 0.15) is 5.70 Å². The van der Waals surface area contributed by atoms with Crippen LogP contribution in [-0.2, 0) is 14.4 Å². The van der Waals surface area contributed by atoms with Gasteiger partial charge in [-0.2, -0.15) is 0 Å². The summed E-state index contributed by atoms with van der Waals surface area (Å²) in [5, 5.41) is 5.83. The Morgan fingerprint density at radius 2 is 1.52 bits per heavy atom. The number of anilines is 2. The van der Waals surface area contributed by atoms with Gasteiger partial charge >= 0.3 is 0 Å². The molecule has 0 aromatic heterocycles. The van der Waals surface area contributed by atoms with Gasteiger partial charge in [-0.3, -0.25) is 19.3 Å². The zero-order chi connectivity index (χ0) is 24.1. The Morgan fingerprint density at radius 3 is 2.09 bits per heavy atom. The van der Waals surface area contributed by atoms with Gasteiger partial charge in [-0.25, -0.2) is 0 Å². The largest absolute Gasteiger partial charge is 0.490 e. The van der Waals surface area contributed by atoms with Crippen LogP contribution >= 0.6 is 0 Å². The smallest absolute Gasteiger partial charge is 0.278 e. The van der Waals surface area contributed by atoms with E-state index in [1.807, 2.05) is 13.8 Å². The van der Waals surface area contributed by atoms with Crippen LogP contribution < -0.4 is 20.1 Å². The summed E-state index contributed by atoms with van der Waals surface area (Å²) in [6.45, 7) is 9.72. The van der Waals surface area contributed by atoms with Crippen molar-refractivity contribution in [2.24, 2.45) is 0 Å². The fraction of sp³-hybridized carbons (Fsp3) is 0.320. The Balaban J connectivity index is 2.03. The molecule has 0 saturated heterocycles. The van der Waals surface area contributed by atoms with Crippen molar-refractivity contribution in [1.82, 2.24) is 4.90 Å². The van der Waals surface area contributed by atoms with Gasteiger partial charge in [0.05, 0.1) is 18.8 Å². The molecule has 0 aliphatic carbocycles. The Kier molecular flexibility index (Phi) is 7.37. The lowest BCUT2D eigenvalue weighted by molar-refractivity contribution is -0.138. The zero-order valence-corrected chi connectivity index (χ0v) is 19.5. The van der Waals surface area contributed by atoms with Gasteiger partial charge in [-0.15, -0.1) is 0 Å². The molecule has 3 amide bonds. The van der Waals surface area contributed by atoms with Gasteiger partial charge in [0.15, 0.2) is 11.5 Å². The van der Waals surface area contributed by atoms with E-state index in [9.17, 15) is 14.4 Å². The zero-order valence-electron chi connectivity index (χ0n) is 19.5. The molecule has 0 saturated carbocycles. The van der Waals surface area contributed by atoms with Crippen molar-refractivity contribution in [2.45, 2.75) is 40.7 Å². The third kappa shape index (κ3) is 5.16. The summed E-state index contributed by atoms with van der Waals surface area (Å²) in [6.07, 6.45) is 0. The lowest BCUT2D eigenvalue weighted by atomic mass is 10.0. The van der Waals surface area contributed by atoms with Crippen molar-refractivity contribution in [1.29, 1.82) is 0 Å². The molecule has 2 aromatic carbocycles. The van der Waals surface area contributed by atoms with Gasteiger partial charge in [-0.05, 0) is 57.5 Å². The predicted octanol–water partition coefficient (Wildman–Crippen LogP) is 4.04. The molecule has 2 N–H and O–H groups in total. The molecule has 1 aliphatic heterocycles. The van der Waals surface area contributed by atoms with Crippen LogP contribution in [-0.4, -0.2) is 41.9 Å². The number of hydrogen-bond acceptors (Lipinski definition) is 6. The van der Waals surface area contributed by atoms with Crippen LogP contribution in [0.1, 0.15) is 40.2 Å².